The fraction of sp³-hybridized carbons (Fsp3) is 0.438. The maximum atomic E-state index is 4.46. The standard InChI is InChI=1S/C16H23BrN4.HI/c1-3-10-19-16(18-4-2)20-13-9-11-21(12-13)15-8-6-5-7-14(15)17;/h3,5-8,13H,1,4,9-12H2,2H3,(H2,18,19,20);1H. The second kappa shape index (κ2) is 10.1. The van der Waals surface area contributed by atoms with E-state index in [1.807, 2.05) is 6.07 Å². The van der Waals surface area contributed by atoms with Gasteiger partial charge in [-0.05, 0) is 41.4 Å². The first-order valence-electron chi connectivity index (χ1n) is 7.39. The predicted octanol–water partition coefficient (Wildman–Crippen LogP) is 3.39. The highest BCUT2D eigenvalue weighted by Crippen LogP contribution is 2.28. The summed E-state index contributed by atoms with van der Waals surface area (Å²) in [5.74, 6) is 0.872. The minimum absolute atomic E-state index is 0. The molecule has 1 aliphatic rings. The van der Waals surface area contributed by atoms with Gasteiger partial charge in [-0.2, -0.15) is 0 Å². The summed E-state index contributed by atoms with van der Waals surface area (Å²) in [5, 5.41) is 6.78. The molecule has 6 heteroatoms. The molecule has 0 saturated carbocycles. The molecular formula is C16H24BrIN4. The van der Waals surface area contributed by atoms with Crippen molar-refractivity contribution in [3.8, 4) is 0 Å². The fourth-order valence-corrected chi connectivity index (χ4v) is 3.01. The molecule has 1 heterocycles. The highest BCUT2D eigenvalue weighted by atomic mass is 127. The molecular weight excluding hydrogens is 455 g/mol. The molecule has 122 valence electrons. The molecule has 0 radical (unpaired) electrons. The van der Waals surface area contributed by atoms with Gasteiger partial charge in [0, 0.05) is 30.1 Å². The van der Waals surface area contributed by atoms with E-state index in [4.69, 9.17) is 0 Å². The van der Waals surface area contributed by atoms with Crippen molar-refractivity contribution in [3.05, 3.63) is 41.4 Å². The van der Waals surface area contributed by atoms with E-state index in [9.17, 15) is 0 Å². The molecule has 1 fully saturated rings. The smallest absolute Gasteiger partial charge is 0.191 e. The molecule has 0 amide bonds. The number of para-hydroxylation sites is 1. The largest absolute Gasteiger partial charge is 0.368 e. The summed E-state index contributed by atoms with van der Waals surface area (Å²) >= 11 is 3.63. The monoisotopic (exact) mass is 478 g/mol. The number of nitrogens with one attached hydrogen (secondary N) is 2. The van der Waals surface area contributed by atoms with Crippen LogP contribution in [0.5, 0.6) is 0 Å². The molecule has 1 aliphatic heterocycles. The Morgan fingerprint density at radius 3 is 2.95 bits per heavy atom. The molecule has 0 aromatic heterocycles. The second-order valence-electron chi connectivity index (χ2n) is 5.04. The zero-order chi connectivity index (χ0) is 15.1. The number of guanidine groups is 1. The summed E-state index contributed by atoms with van der Waals surface area (Å²) in [6, 6.07) is 8.79. The van der Waals surface area contributed by atoms with Crippen LogP contribution in [-0.2, 0) is 0 Å². The first-order chi connectivity index (χ1) is 10.2. The van der Waals surface area contributed by atoms with Gasteiger partial charge in [-0.3, -0.25) is 0 Å². The molecule has 0 spiro atoms. The molecule has 1 atom stereocenters. The molecule has 0 bridgehead atoms. The number of rotatable bonds is 5. The van der Waals surface area contributed by atoms with Crippen molar-refractivity contribution in [1.82, 2.24) is 10.6 Å². The normalized spacial score (nSPS) is 17.8. The van der Waals surface area contributed by atoms with Gasteiger partial charge >= 0.3 is 0 Å². The van der Waals surface area contributed by atoms with Crippen LogP contribution in [0.1, 0.15) is 13.3 Å². The number of benzene rings is 1. The third-order valence-corrected chi connectivity index (χ3v) is 4.12. The van der Waals surface area contributed by atoms with E-state index in [1.165, 1.54) is 5.69 Å². The maximum absolute atomic E-state index is 4.46. The number of aliphatic imine (C=N–C) groups is 1. The summed E-state index contributed by atoms with van der Waals surface area (Å²) in [4.78, 5) is 6.86. The molecule has 2 rings (SSSR count). The topological polar surface area (TPSA) is 39.7 Å². The van der Waals surface area contributed by atoms with Gasteiger partial charge in [0.2, 0.25) is 0 Å². The summed E-state index contributed by atoms with van der Waals surface area (Å²) < 4.78 is 1.15. The Morgan fingerprint density at radius 1 is 1.50 bits per heavy atom. The first-order valence-corrected chi connectivity index (χ1v) is 8.19. The van der Waals surface area contributed by atoms with Crippen molar-refractivity contribution >= 4 is 51.6 Å². The molecule has 1 aromatic rings. The molecule has 1 saturated heterocycles. The van der Waals surface area contributed by atoms with Gasteiger partial charge < -0.3 is 15.5 Å². The van der Waals surface area contributed by atoms with Gasteiger partial charge in [-0.1, -0.05) is 18.2 Å². The third-order valence-electron chi connectivity index (χ3n) is 3.44. The predicted molar refractivity (Wildman–Crippen MR) is 109 cm³/mol. The Labute approximate surface area is 158 Å². The van der Waals surface area contributed by atoms with E-state index >= 15 is 0 Å². The van der Waals surface area contributed by atoms with Crippen LogP contribution >= 0.6 is 39.9 Å². The van der Waals surface area contributed by atoms with Gasteiger partial charge in [-0.25, -0.2) is 4.99 Å². The molecule has 4 nitrogen and oxygen atoms in total. The number of hydrogen-bond acceptors (Lipinski definition) is 2. The van der Waals surface area contributed by atoms with E-state index in [0.29, 0.717) is 12.6 Å². The quantitative estimate of drug-likeness (QED) is 0.295. The zero-order valence-corrected chi connectivity index (χ0v) is 16.8. The van der Waals surface area contributed by atoms with E-state index < -0.39 is 0 Å². The molecule has 1 unspecified atom stereocenters. The lowest BCUT2D eigenvalue weighted by Crippen LogP contribution is -2.44. The lowest BCUT2D eigenvalue weighted by molar-refractivity contribution is 0.651. The Morgan fingerprint density at radius 2 is 2.27 bits per heavy atom. The first kappa shape index (κ1) is 19.3. The summed E-state index contributed by atoms with van der Waals surface area (Å²) in [6.45, 7) is 9.33. The van der Waals surface area contributed by atoms with Crippen LogP contribution in [0.3, 0.4) is 0 Å². The van der Waals surface area contributed by atoms with Crippen LogP contribution in [0.2, 0.25) is 0 Å². The highest BCUT2D eigenvalue weighted by molar-refractivity contribution is 14.0. The highest BCUT2D eigenvalue weighted by Gasteiger charge is 2.24. The number of nitrogens with zero attached hydrogens (tertiary/aromatic N) is 2. The number of hydrogen-bond donors (Lipinski definition) is 2. The van der Waals surface area contributed by atoms with Crippen molar-refractivity contribution in [2.45, 2.75) is 19.4 Å². The van der Waals surface area contributed by atoms with Crippen LogP contribution in [0.25, 0.3) is 0 Å². The van der Waals surface area contributed by atoms with Crippen molar-refractivity contribution in [3.63, 3.8) is 0 Å². The van der Waals surface area contributed by atoms with Crippen LogP contribution in [0.4, 0.5) is 5.69 Å². The van der Waals surface area contributed by atoms with Crippen molar-refractivity contribution in [2.75, 3.05) is 31.1 Å². The van der Waals surface area contributed by atoms with Crippen molar-refractivity contribution < 1.29 is 0 Å². The van der Waals surface area contributed by atoms with Gasteiger partial charge in [0.05, 0.1) is 12.2 Å². The van der Waals surface area contributed by atoms with E-state index in [1.54, 1.807) is 6.08 Å². The van der Waals surface area contributed by atoms with Crippen LogP contribution in [-0.4, -0.2) is 38.2 Å². The van der Waals surface area contributed by atoms with Gasteiger partial charge in [-0.15, -0.1) is 30.6 Å². The summed E-state index contributed by atoms with van der Waals surface area (Å²) in [7, 11) is 0. The van der Waals surface area contributed by atoms with Crippen LogP contribution < -0.4 is 15.5 Å². The molecule has 0 aliphatic carbocycles. The van der Waals surface area contributed by atoms with Crippen molar-refractivity contribution in [1.29, 1.82) is 0 Å². The van der Waals surface area contributed by atoms with Gasteiger partial charge in [0.25, 0.3) is 0 Å². The Balaban J connectivity index is 0.00000242. The van der Waals surface area contributed by atoms with Gasteiger partial charge in [0.15, 0.2) is 5.96 Å². The minimum Gasteiger partial charge on any atom is -0.368 e. The zero-order valence-electron chi connectivity index (χ0n) is 12.9. The molecule has 1 aromatic carbocycles. The Hall–Kier alpha value is -0.760. The summed E-state index contributed by atoms with van der Waals surface area (Å²) in [5.41, 5.74) is 1.26. The average Bonchev–Trinajstić information content (AvgIpc) is 2.94. The maximum Gasteiger partial charge on any atom is 0.191 e. The lowest BCUT2D eigenvalue weighted by atomic mass is 10.3. The summed E-state index contributed by atoms with van der Waals surface area (Å²) in [6.07, 6.45) is 2.92. The van der Waals surface area contributed by atoms with E-state index in [2.05, 4.69) is 68.2 Å². The van der Waals surface area contributed by atoms with E-state index in [-0.39, 0.29) is 24.0 Å². The lowest BCUT2D eigenvalue weighted by Gasteiger charge is -2.21. The Kier molecular flexibility index (Phi) is 8.85. The van der Waals surface area contributed by atoms with E-state index in [0.717, 1.165) is 36.5 Å². The molecule has 2 N–H and O–H groups in total. The number of anilines is 1. The third kappa shape index (κ3) is 5.46. The number of halogens is 2. The average molecular weight is 479 g/mol. The SMILES string of the molecule is C=CCN=C(NCC)NC1CCN(c2ccccc2Br)C1.I. The van der Waals surface area contributed by atoms with Crippen LogP contribution in [0, 0.1) is 0 Å². The van der Waals surface area contributed by atoms with Gasteiger partial charge in [0.1, 0.15) is 0 Å². The molecule has 22 heavy (non-hydrogen) atoms. The second-order valence-corrected chi connectivity index (χ2v) is 5.89. The van der Waals surface area contributed by atoms with Crippen molar-refractivity contribution in [2.24, 2.45) is 4.99 Å². The fourth-order valence-electron chi connectivity index (χ4n) is 2.47. The van der Waals surface area contributed by atoms with Crippen LogP contribution in [0.15, 0.2) is 46.4 Å². The Bertz CT molecular complexity index is 507. The minimum atomic E-state index is 0.